The zero-order valence-electron chi connectivity index (χ0n) is 22.5. The maximum atomic E-state index is 13.7. The van der Waals surface area contributed by atoms with Crippen molar-refractivity contribution in [2.45, 2.75) is 56.7 Å². The van der Waals surface area contributed by atoms with Crippen LogP contribution in [-0.4, -0.2) is 67.0 Å². The number of hydrogen-bond donors (Lipinski definition) is 3. The highest BCUT2D eigenvalue weighted by Gasteiger charge is 2.44. The van der Waals surface area contributed by atoms with Gasteiger partial charge in [0.2, 0.25) is 17.7 Å². The van der Waals surface area contributed by atoms with Gasteiger partial charge >= 0.3 is 0 Å². The first-order chi connectivity index (χ1) is 18.8. The lowest BCUT2D eigenvalue weighted by Gasteiger charge is -2.36. The molecule has 8 nitrogen and oxygen atoms in total. The maximum absolute atomic E-state index is 13.7. The first-order valence-electron chi connectivity index (χ1n) is 13.5. The second kappa shape index (κ2) is 13.1. The minimum atomic E-state index is -0.844. The van der Waals surface area contributed by atoms with Crippen molar-refractivity contribution in [2.75, 3.05) is 26.7 Å². The number of carbonyl (C=O) groups excluding carboxylic acids is 3. The number of nitrogens with zero attached hydrogens (tertiary/aromatic N) is 1. The zero-order chi connectivity index (χ0) is 27.8. The van der Waals surface area contributed by atoms with Gasteiger partial charge in [-0.3, -0.25) is 19.7 Å². The molecule has 0 radical (unpaired) electrons. The molecule has 208 valence electrons. The van der Waals surface area contributed by atoms with E-state index in [-0.39, 0.29) is 24.8 Å². The van der Waals surface area contributed by atoms with E-state index in [0.29, 0.717) is 31.0 Å². The lowest BCUT2D eigenvalue weighted by Crippen LogP contribution is -2.61. The fourth-order valence-corrected chi connectivity index (χ4v) is 5.42. The van der Waals surface area contributed by atoms with Crippen LogP contribution in [0.4, 0.5) is 0 Å². The number of ether oxygens (including phenoxy) is 1. The quantitative estimate of drug-likeness (QED) is 0.531. The number of benzene rings is 2. The molecule has 3 amide bonds. The fraction of sp³-hybridized carbons (Fsp3) is 0.433. The Hall–Kier alpha value is -3.36. The van der Waals surface area contributed by atoms with E-state index in [1.807, 2.05) is 48.6 Å². The van der Waals surface area contributed by atoms with E-state index >= 15 is 0 Å². The van der Waals surface area contributed by atoms with Crippen molar-refractivity contribution >= 4 is 35.4 Å². The second-order valence-electron chi connectivity index (χ2n) is 10.2. The highest BCUT2D eigenvalue weighted by Crippen LogP contribution is 2.32. The van der Waals surface area contributed by atoms with Gasteiger partial charge in [-0.15, -0.1) is 0 Å². The van der Waals surface area contributed by atoms with Gasteiger partial charge < -0.3 is 20.3 Å². The van der Waals surface area contributed by atoms with Gasteiger partial charge in [-0.1, -0.05) is 66.9 Å². The van der Waals surface area contributed by atoms with Crippen LogP contribution >= 0.6 is 11.6 Å². The van der Waals surface area contributed by atoms with Crippen LogP contribution in [0.3, 0.4) is 0 Å². The van der Waals surface area contributed by atoms with Gasteiger partial charge in [0.1, 0.15) is 24.4 Å². The summed E-state index contributed by atoms with van der Waals surface area (Å²) in [5.74, 6) is -0.113. The molecule has 1 saturated carbocycles. The molecular formula is C30H37ClN4O4. The van der Waals surface area contributed by atoms with Crippen LogP contribution in [0.25, 0.3) is 6.08 Å². The normalized spacial score (nSPS) is 23.7. The van der Waals surface area contributed by atoms with Crippen molar-refractivity contribution in [1.82, 2.24) is 20.9 Å². The Bertz CT molecular complexity index is 1210. The van der Waals surface area contributed by atoms with Crippen molar-refractivity contribution in [2.24, 2.45) is 0 Å². The van der Waals surface area contributed by atoms with Crippen LogP contribution in [0.1, 0.15) is 43.7 Å². The maximum Gasteiger partial charge on any atom is 0.243 e. The zero-order valence-corrected chi connectivity index (χ0v) is 23.3. The summed E-state index contributed by atoms with van der Waals surface area (Å²) in [6, 6.07) is 13.3. The number of carbonyl (C=O) groups is 3. The third-order valence-corrected chi connectivity index (χ3v) is 7.78. The van der Waals surface area contributed by atoms with Gasteiger partial charge in [0.25, 0.3) is 0 Å². The number of rotatable bonds is 2. The predicted octanol–water partition coefficient (Wildman–Crippen LogP) is 3.34. The molecule has 1 spiro atoms. The molecule has 1 heterocycles. The highest BCUT2D eigenvalue weighted by molar-refractivity contribution is 6.30. The Morgan fingerprint density at radius 1 is 1.05 bits per heavy atom. The van der Waals surface area contributed by atoms with E-state index in [2.05, 4.69) is 16.0 Å². The second-order valence-corrected chi connectivity index (χ2v) is 10.7. The standard InChI is InChI=1S/C30H37ClN4O4/c1-21-27(36)34-25(20-22-9-7-12-24(31)19-22)28(37)32-16-8-11-23-10-3-4-13-26(23)39-18-17-33-30(14-5-6-15-30)29(38)35(21)2/h3-4,7-13,19,21,25,33H,5-6,14-18,20H2,1-2H3,(H,32,37)(H,34,36)/b11-8-/t21-,25-/m1/s1. The first-order valence-corrected chi connectivity index (χ1v) is 13.9. The van der Waals surface area contributed by atoms with Gasteiger partial charge in [-0.05, 0) is 43.5 Å². The van der Waals surface area contributed by atoms with Crippen molar-refractivity contribution < 1.29 is 19.1 Å². The van der Waals surface area contributed by atoms with Crippen LogP contribution in [0.15, 0.2) is 54.6 Å². The van der Waals surface area contributed by atoms with Gasteiger partial charge in [0, 0.05) is 37.1 Å². The third-order valence-electron chi connectivity index (χ3n) is 7.54. The summed E-state index contributed by atoms with van der Waals surface area (Å²) in [4.78, 5) is 41.8. The Labute approximate surface area is 235 Å². The molecule has 0 unspecified atom stereocenters. The SMILES string of the molecule is C[C@@H]1C(=O)N[C@H](Cc2cccc(Cl)c2)C(=O)NC/C=C\c2ccccc2OCCNC2(CCCC2)C(=O)N1C. The largest absolute Gasteiger partial charge is 0.492 e. The van der Waals surface area contributed by atoms with E-state index in [1.54, 1.807) is 26.1 Å². The van der Waals surface area contributed by atoms with E-state index in [1.165, 1.54) is 4.90 Å². The molecule has 9 heteroatoms. The van der Waals surface area contributed by atoms with Crippen molar-refractivity contribution in [3.05, 3.63) is 70.8 Å². The Morgan fingerprint density at radius 2 is 1.82 bits per heavy atom. The molecule has 0 bridgehead atoms. The Kier molecular flexibility index (Phi) is 9.64. The predicted molar refractivity (Wildman–Crippen MR) is 153 cm³/mol. The summed E-state index contributed by atoms with van der Waals surface area (Å²) < 4.78 is 6.05. The number of para-hydroxylation sites is 1. The van der Waals surface area contributed by atoms with E-state index in [9.17, 15) is 14.4 Å². The minimum Gasteiger partial charge on any atom is -0.492 e. The molecule has 2 atom stereocenters. The van der Waals surface area contributed by atoms with Crippen molar-refractivity contribution in [3.63, 3.8) is 0 Å². The van der Waals surface area contributed by atoms with Gasteiger partial charge in [-0.2, -0.15) is 0 Å². The van der Waals surface area contributed by atoms with Crippen molar-refractivity contribution in [3.8, 4) is 5.75 Å². The summed E-state index contributed by atoms with van der Waals surface area (Å²) in [5, 5.41) is 9.78. The van der Waals surface area contributed by atoms with Crippen LogP contribution in [0, 0.1) is 0 Å². The molecule has 2 aromatic rings. The number of halogens is 1. The molecule has 0 aromatic heterocycles. The molecule has 2 aromatic carbocycles. The smallest absolute Gasteiger partial charge is 0.243 e. The van der Waals surface area contributed by atoms with Crippen LogP contribution in [-0.2, 0) is 20.8 Å². The Morgan fingerprint density at radius 3 is 2.59 bits per heavy atom. The number of amides is 3. The van der Waals surface area contributed by atoms with Crippen LogP contribution in [0.2, 0.25) is 5.02 Å². The van der Waals surface area contributed by atoms with Crippen LogP contribution < -0.4 is 20.7 Å². The van der Waals surface area contributed by atoms with Gasteiger partial charge in [0.05, 0.1) is 5.54 Å². The van der Waals surface area contributed by atoms with Crippen molar-refractivity contribution in [1.29, 1.82) is 0 Å². The lowest BCUT2D eigenvalue weighted by atomic mass is 9.94. The number of hydrogen-bond acceptors (Lipinski definition) is 5. The third kappa shape index (κ3) is 7.19. The molecule has 1 aliphatic carbocycles. The molecule has 2 aliphatic rings. The number of nitrogens with one attached hydrogen (secondary N) is 3. The number of likely N-dealkylation sites (N-methyl/N-ethyl adjacent to an activating group) is 1. The van der Waals surface area contributed by atoms with Gasteiger partial charge in [0.15, 0.2) is 0 Å². The van der Waals surface area contributed by atoms with Gasteiger partial charge in [-0.25, -0.2) is 0 Å². The highest BCUT2D eigenvalue weighted by atomic mass is 35.5. The van der Waals surface area contributed by atoms with E-state index in [4.69, 9.17) is 16.3 Å². The minimum absolute atomic E-state index is 0.122. The van der Waals surface area contributed by atoms with E-state index in [0.717, 1.165) is 29.7 Å². The molecule has 1 aliphatic heterocycles. The summed E-state index contributed by atoms with van der Waals surface area (Å²) in [6.45, 7) is 2.84. The molecule has 1 fully saturated rings. The fourth-order valence-electron chi connectivity index (χ4n) is 5.20. The summed E-state index contributed by atoms with van der Waals surface area (Å²) in [5.41, 5.74) is 0.962. The average Bonchev–Trinajstić information content (AvgIpc) is 3.42. The summed E-state index contributed by atoms with van der Waals surface area (Å²) >= 11 is 6.16. The lowest BCUT2D eigenvalue weighted by molar-refractivity contribution is -0.144. The first kappa shape index (κ1) is 28.6. The monoisotopic (exact) mass is 552 g/mol. The molecule has 3 N–H and O–H groups in total. The molecule has 0 saturated heterocycles. The van der Waals surface area contributed by atoms with E-state index < -0.39 is 23.5 Å². The molecular weight excluding hydrogens is 516 g/mol. The Balaban J connectivity index is 1.61. The molecule has 4 rings (SSSR count). The topological polar surface area (TPSA) is 99.8 Å². The average molecular weight is 553 g/mol. The van der Waals surface area contributed by atoms with Crippen LogP contribution in [0.5, 0.6) is 5.75 Å². The number of fused-ring (bicyclic) bond motifs is 1. The summed E-state index contributed by atoms with van der Waals surface area (Å²) in [6.07, 6.45) is 7.27. The molecule has 39 heavy (non-hydrogen) atoms. The summed E-state index contributed by atoms with van der Waals surface area (Å²) in [7, 11) is 1.65.